The molecule has 2 N–H and O–H groups in total. The highest BCUT2D eigenvalue weighted by Crippen LogP contribution is 2.51. The average Bonchev–Trinajstić information content (AvgIpc) is 3.02. The predicted octanol–water partition coefficient (Wildman–Crippen LogP) is 1.87. The van der Waals surface area contributed by atoms with Crippen LogP contribution in [0.1, 0.15) is 6.42 Å². The smallest absolute Gasteiger partial charge is 0.371 e. The van der Waals surface area contributed by atoms with E-state index in [0.717, 1.165) is 0 Å². The molecule has 1 aromatic rings. The monoisotopic (exact) mass is 545 g/mol. The molecule has 1 aliphatic rings. The van der Waals surface area contributed by atoms with Crippen LogP contribution in [0.15, 0.2) is 23.1 Å². The van der Waals surface area contributed by atoms with E-state index in [4.69, 9.17) is 0 Å². The molecule has 2 rings (SSSR count). The number of nitrogens with one attached hydrogen (secondary N) is 2. The van der Waals surface area contributed by atoms with Crippen molar-refractivity contribution in [1.29, 1.82) is 0 Å². The average molecular weight is 545 g/mol. The SMILES string of the molecule is O=C(CNc1ccc(S(=O)(=O)C(F)(F)C(F)(F)C(F)(F)F)cc1[N+](=O)[O-])N[C@H]1CCS(=O)(=O)C1. The molecule has 0 unspecified atom stereocenters. The summed E-state index contributed by atoms with van der Waals surface area (Å²) in [4.78, 5) is 19.8. The van der Waals surface area contributed by atoms with E-state index in [1.54, 1.807) is 0 Å². The molecule has 19 heteroatoms. The normalized spacial score (nSPS) is 19.0. The molecule has 1 aromatic carbocycles. The summed E-state index contributed by atoms with van der Waals surface area (Å²) in [6, 6.07) is -0.370. The molecule has 1 heterocycles. The zero-order valence-corrected chi connectivity index (χ0v) is 18.0. The first-order valence-corrected chi connectivity index (χ1v) is 12.1. The van der Waals surface area contributed by atoms with Gasteiger partial charge in [-0.15, -0.1) is 0 Å². The minimum atomic E-state index is -7.02. The van der Waals surface area contributed by atoms with Gasteiger partial charge in [0.1, 0.15) is 5.69 Å². The van der Waals surface area contributed by atoms with Crippen molar-refractivity contribution in [2.24, 2.45) is 0 Å². The Morgan fingerprint density at radius 1 is 1.15 bits per heavy atom. The second-order valence-electron chi connectivity index (χ2n) is 7.05. The van der Waals surface area contributed by atoms with Crippen LogP contribution < -0.4 is 10.6 Å². The van der Waals surface area contributed by atoms with E-state index >= 15 is 0 Å². The lowest BCUT2D eigenvalue weighted by atomic mass is 10.2. The summed E-state index contributed by atoms with van der Waals surface area (Å²) >= 11 is 0. The predicted molar refractivity (Wildman–Crippen MR) is 99.9 cm³/mol. The lowest BCUT2D eigenvalue weighted by Gasteiger charge is -2.27. The highest BCUT2D eigenvalue weighted by molar-refractivity contribution is 7.92. The van der Waals surface area contributed by atoms with Gasteiger partial charge in [-0.2, -0.15) is 30.7 Å². The third-order valence-corrected chi connectivity index (χ3v) is 8.15. The van der Waals surface area contributed by atoms with Gasteiger partial charge in [-0.1, -0.05) is 0 Å². The van der Waals surface area contributed by atoms with Gasteiger partial charge >= 0.3 is 17.4 Å². The Hall–Kier alpha value is -2.70. The van der Waals surface area contributed by atoms with Gasteiger partial charge in [0.2, 0.25) is 5.91 Å². The molecular weight excluding hydrogens is 531 g/mol. The summed E-state index contributed by atoms with van der Waals surface area (Å²) in [5.41, 5.74) is -1.99. The Morgan fingerprint density at radius 3 is 2.21 bits per heavy atom. The summed E-state index contributed by atoms with van der Waals surface area (Å²) in [7, 11) is -10.1. The second-order valence-corrected chi connectivity index (χ2v) is 11.3. The van der Waals surface area contributed by atoms with Crippen LogP contribution in [-0.2, 0) is 24.5 Å². The van der Waals surface area contributed by atoms with Gasteiger partial charge in [-0.3, -0.25) is 14.9 Å². The fraction of sp³-hybridized carbons (Fsp3) is 0.533. The third-order valence-electron chi connectivity index (χ3n) is 4.57. The van der Waals surface area contributed by atoms with Crippen LogP contribution in [0.5, 0.6) is 0 Å². The van der Waals surface area contributed by atoms with Crippen molar-refractivity contribution in [3.05, 3.63) is 28.3 Å². The highest BCUT2D eigenvalue weighted by Gasteiger charge is 2.78. The molecule has 0 aliphatic carbocycles. The maximum Gasteiger partial charge on any atom is 0.461 e. The number of nitrogens with zero attached hydrogens (tertiary/aromatic N) is 1. The molecule has 1 amide bonds. The lowest BCUT2D eigenvalue weighted by molar-refractivity contribution is -0.384. The number of rotatable bonds is 8. The molecule has 1 saturated heterocycles. The Morgan fingerprint density at radius 2 is 1.74 bits per heavy atom. The molecule has 192 valence electrons. The van der Waals surface area contributed by atoms with E-state index in [-0.39, 0.29) is 30.1 Å². The molecule has 1 fully saturated rings. The number of carbonyl (C=O) groups is 1. The molecule has 0 spiro atoms. The quantitative estimate of drug-likeness (QED) is 0.285. The number of carbonyl (C=O) groups excluding carboxylic acids is 1. The Kier molecular flexibility index (Phi) is 7.15. The second kappa shape index (κ2) is 8.82. The third kappa shape index (κ3) is 5.18. The van der Waals surface area contributed by atoms with Crippen molar-refractivity contribution in [2.75, 3.05) is 23.4 Å². The Bertz CT molecular complexity index is 1200. The maximum absolute atomic E-state index is 13.8. The summed E-state index contributed by atoms with van der Waals surface area (Å²) in [5, 5.41) is 8.94. The maximum atomic E-state index is 13.8. The minimum Gasteiger partial charge on any atom is -0.371 e. The molecule has 34 heavy (non-hydrogen) atoms. The molecule has 1 aliphatic heterocycles. The molecule has 0 radical (unpaired) electrons. The van der Waals surface area contributed by atoms with E-state index < -0.39 is 76.7 Å². The van der Waals surface area contributed by atoms with E-state index in [2.05, 4.69) is 10.6 Å². The van der Waals surface area contributed by atoms with Crippen molar-refractivity contribution in [1.82, 2.24) is 5.32 Å². The first-order valence-electron chi connectivity index (χ1n) is 8.82. The first-order chi connectivity index (χ1) is 15.2. The van der Waals surface area contributed by atoms with Crippen LogP contribution >= 0.6 is 0 Å². The van der Waals surface area contributed by atoms with Crippen LogP contribution in [0.25, 0.3) is 0 Å². The number of hydrogen-bond donors (Lipinski definition) is 2. The van der Waals surface area contributed by atoms with Crippen LogP contribution in [0.4, 0.5) is 42.1 Å². The van der Waals surface area contributed by atoms with Crippen LogP contribution in [0.3, 0.4) is 0 Å². The summed E-state index contributed by atoms with van der Waals surface area (Å²) in [6.45, 7) is -0.744. The molecular formula is C15H14F7N3O7S2. The van der Waals surface area contributed by atoms with Gasteiger partial charge in [0.15, 0.2) is 9.84 Å². The number of alkyl halides is 7. The Balaban J connectivity index is 2.28. The van der Waals surface area contributed by atoms with Gasteiger partial charge < -0.3 is 10.6 Å². The number of amides is 1. The lowest BCUT2D eigenvalue weighted by Crippen LogP contribution is -2.55. The standard InChI is InChI=1S/C15H14F7N3O7S2/c16-13(17,14(18,19)20)15(21,22)34(31,32)9-1-2-10(11(5-9)25(27)28)23-6-12(26)24-8-3-4-33(29,30)7-8/h1-2,5,8,23H,3-4,6-7H2,(H,24,26)/t8-/m0/s1. The van der Waals surface area contributed by atoms with Crippen LogP contribution in [-0.4, -0.2) is 69.1 Å². The molecule has 0 bridgehead atoms. The van der Waals surface area contributed by atoms with Crippen molar-refractivity contribution >= 4 is 37.0 Å². The zero-order valence-electron chi connectivity index (χ0n) is 16.4. The topological polar surface area (TPSA) is 153 Å². The number of halogens is 7. The van der Waals surface area contributed by atoms with Crippen LogP contribution in [0, 0.1) is 10.1 Å². The largest absolute Gasteiger partial charge is 0.461 e. The number of benzene rings is 1. The first kappa shape index (κ1) is 27.5. The van der Waals surface area contributed by atoms with Crippen LogP contribution in [0.2, 0.25) is 0 Å². The molecule has 0 saturated carbocycles. The van der Waals surface area contributed by atoms with Gasteiger partial charge in [-0.25, -0.2) is 16.8 Å². The van der Waals surface area contributed by atoms with Gasteiger partial charge in [0.25, 0.3) is 15.5 Å². The number of anilines is 1. The van der Waals surface area contributed by atoms with Crippen molar-refractivity contribution in [3.63, 3.8) is 0 Å². The van der Waals surface area contributed by atoms with E-state index in [9.17, 15) is 62.5 Å². The zero-order chi connectivity index (χ0) is 26.3. The van der Waals surface area contributed by atoms with E-state index in [1.165, 1.54) is 0 Å². The fourth-order valence-corrected chi connectivity index (χ4v) is 5.76. The van der Waals surface area contributed by atoms with Crippen molar-refractivity contribution in [3.8, 4) is 0 Å². The number of hydrogen-bond acceptors (Lipinski definition) is 8. The van der Waals surface area contributed by atoms with Gasteiger partial charge in [0.05, 0.1) is 27.9 Å². The molecule has 0 aromatic heterocycles. The summed E-state index contributed by atoms with van der Waals surface area (Å²) in [6.07, 6.45) is -6.85. The Labute approximate surface area is 186 Å². The molecule has 1 atom stereocenters. The summed E-state index contributed by atoms with van der Waals surface area (Å²) < 4.78 is 137. The van der Waals surface area contributed by atoms with Gasteiger partial charge in [0, 0.05) is 12.1 Å². The summed E-state index contributed by atoms with van der Waals surface area (Å²) in [5.74, 6) is -8.40. The number of nitro groups is 1. The van der Waals surface area contributed by atoms with E-state index in [0.29, 0.717) is 6.07 Å². The number of nitro benzene ring substituents is 1. The highest BCUT2D eigenvalue weighted by atomic mass is 32.2. The van der Waals surface area contributed by atoms with E-state index in [1.807, 2.05) is 0 Å². The van der Waals surface area contributed by atoms with Crippen molar-refractivity contribution < 1.29 is 57.3 Å². The minimum absolute atomic E-state index is 0.109. The van der Waals surface area contributed by atoms with Crippen molar-refractivity contribution in [2.45, 2.75) is 34.7 Å². The molecule has 10 nitrogen and oxygen atoms in total. The van der Waals surface area contributed by atoms with Gasteiger partial charge in [-0.05, 0) is 18.6 Å². The number of sulfone groups is 2. The fourth-order valence-electron chi connectivity index (χ4n) is 2.82.